The van der Waals surface area contributed by atoms with Gasteiger partial charge in [0.25, 0.3) is 0 Å². The van der Waals surface area contributed by atoms with Gasteiger partial charge in [0.2, 0.25) is 0 Å². The Morgan fingerprint density at radius 1 is 1.25 bits per heavy atom. The van der Waals surface area contributed by atoms with Gasteiger partial charge in [-0.05, 0) is 18.2 Å². The Hall–Kier alpha value is -0.200. The number of anilines is 1. The van der Waals surface area contributed by atoms with Crippen LogP contribution in [-0.4, -0.2) is 17.0 Å². The van der Waals surface area contributed by atoms with Crippen LogP contribution in [0.15, 0.2) is 23.1 Å². The number of nitrogen functional groups attached to an aromatic ring is 1. The fourth-order valence-electron chi connectivity index (χ4n) is 0.915. The van der Waals surface area contributed by atoms with Crippen molar-refractivity contribution in [3.05, 3.63) is 23.2 Å². The molecule has 1 nitrogen and oxygen atoms in total. The van der Waals surface area contributed by atoms with Crippen LogP contribution in [0.25, 0.3) is 0 Å². The van der Waals surface area contributed by atoms with E-state index in [2.05, 4.69) is 0 Å². The lowest BCUT2D eigenvalue weighted by molar-refractivity contribution is -0.0326. The lowest BCUT2D eigenvalue weighted by Gasteiger charge is -2.06. The summed E-state index contributed by atoms with van der Waals surface area (Å²) in [6.45, 7) is 0. The third-order valence-corrected chi connectivity index (χ3v) is 3.91. The van der Waals surface area contributed by atoms with Crippen molar-refractivity contribution in [2.24, 2.45) is 0 Å². The number of benzene rings is 1. The summed E-state index contributed by atoms with van der Waals surface area (Å²) in [5, 5.41) is 0.425. The van der Waals surface area contributed by atoms with Crippen molar-refractivity contribution in [2.45, 2.75) is 10.4 Å². The Labute approximate surface area is 105 Å². The summed E-state index contributed by atoms with van der Waals surface area (Å²) in [6.07, 6.45) is 0. The minimum absolute atomic E-state index is 0.0183. The van der Waals surface area contributed by atoms with Gasteiger partial charge in [0.05, 0.1) is 10.7 Å². The molecule has 7 heteroatoms. The average molecular weight is 288 g/mol. The third-order valence-electron chi connectivity index (χ3n) is 1.59. The van der Waals surface area contributed by atoms with Crippen molar-refractivity contribution >= 4 is 40.8 Å². The highest BCUT2D eigenvalue weighted by atomic mass is 35.5. The number of rotatable bonds is 4. The van der Waals surface area contributed by atoms with Crippen LogP contribution in [0, 0.1) is 0 Å². The summed E-state index contributed by atoms with van der Waals surface area (Å²) in [6, 6.07) is 5.03. The number of thioether (sulfide) groups is 2. The van der Waals surface area contributed by atoms with Gasteiger partial charge in [-0.15, -0.1) is 11.8 Å². The van der Waals surface area contributed by atoms with Crippen LogP contribution in [0.2, 0.25) is 5.02 Å². The second-order valence-corrected chi connectivity index (χ2v) is 5.56. The molecule has 0 fully saturated rings. The van der Waals surface area contributed by atoms with Gasteiger partial charge in [-0.2, -0.15) is 13.2 Å². The number of hydrogen-bond acceptors (Lipinski definition) is 3. The van der Waals surface area contributed by atoms with Crippen molar-refractivity contribution in [1.82, 2.24) is 0 Å². The molecule has 0 bridgehead atoms. The zero-order valence-electron chi connectivity index (χ0n) is 8.05. The van der Waals surface area contributed by atoms with Crippen LogP contribution in [0.4, 0.5) is 18.9 Å². The van der Waals surface area contributed by atoms with E-state index >= 15 is 0 Å². The highest BCUT2D eigenvalue weighted by molar-refractivity contribution is 8.03. The summed E-state index contributed by atoms with van der Waals surface area (Å²) in [7, 11) is 0. The van der Waals surface area contributed by atoms with Crippen molar-refractivity contribution in [3.63, 3.8) is 0 Å². The van der Waals surface area contributed by atoms with E-state index in [0.29, 0.717) is 16.5 Å². The van der Waals surface area contributed by atoms with Crippen LogP contribution in [0.1, 0.15) is 0 Å². The van der Waals surface area contributed by atoms with Crippen LogP contribution < -0.4 is 5.73 Å². The molecule has 1 rings (SSSR count). The molecular formula is C9H9ClF3NS2. The van der Waals surface area contributed by atoms with Gasteiger partial charge < -0.3 is 5.73 Å². The SMILES string of the molecule is Nc1ccc(SCCSC(F)(F)F)cc1Cl. The molecule has 0 unspecified atom stereocenters. The van der Waals surface area contributed by atoms with Crippen molar-refractivity contribution in [2.75, 3.05) is 17.2 Å². The van der Waals surface area contributed by atoms with E-state index in [-0.39, 0.29) is 17.5 Å². The summed E-state index contributed by atoms with van der Waals surface area (Å²) < 4.78 is 35.4. The Morgan fingerprint density at radius 3 is 2.50 bits per heavy atom. The molecule has 0 saturated heterocycles. The molecule has 0 atom stereocenters. The quantitative estimate of drug-likeness (QED) is 0.509. The smallest absolute Gasteiger partial charge is 0.398 e. The predicted molar refractivity (Wildman–Crippen MR) is 65.1 cm³/mol. The molecule has 0 spiro atoms. The first-order chi connectivity index (χ1) is 7.38. The monoisotopic (exact) mass is 287 g/mol. The van der Waals surface area contributed by atoms with Gasteiger partial charge >= 0.3 is 5.51 Å². The van der Waals surface area contributed by atoms with E-state index in [1.165, 1.54) is 11.8 Å². The van der Waals surface area contributed by atoms with E-state index < -0.39 is 5.51 Å². The molecular weight excluding hydrogens is 279 g/mol. The van der Waals surface area contributed by atoms with E-state index in [1.54, 1.807) is 18.2 Å². The minimum Gasteiger partial charge on any atom is -0.398 e. The van der Waals surface area contributed by atoms with Gasteiger partial charge in [-0.25, -0.2) is 0 Å². The lowest BCUT2D eigenvalue weighted by Crippen LogP contribution is -2.02. The Balaban J connectivity index is 2.35. The first-order valence-corrected chi connectivity index (χ1v) is 6.62. The fourth-order valence-corrected chi connectivity index (χ4v) is 2.66. The first-order valence-electron chi connectivity index (χ1n) is 4.27. The maximum Gasteiger partial charge on any atom is 0.441 e. The lowest BCUT2D eigenvalue weighted by atomic mass is 10.3. The normalized spacial score (nSPS) is 11.8. The standard InChI is InChI=1S/C9H9ClF3NS2/c10-7-5-6(1-2-8(7)14)15-3-4-16-9(11,12)13/h1-2,5H,3-4,14H2. The number of alkyl halides is 3. The molecule has 0 aliphatic carbocycles. The Kier molecular flexibility index (Phi) is 5.14. The highest BCUT2D eigenvalue weighted by Gasteiger charge is 2.27. The summed E-state index contributed by atoms with van der Waals surface area (Å²) in [5.41, 5.74) is 1.82. The maximum absolute atomic E-state index is 11.8. The van der Waals surface area contributed by atoms with Crippen LogP contribution in [0.3, 0.4) is 0 Å². The third kappa shape index (κ3) is 5.23. The van der Waals surface area contributed by atoms with Crippen molar-refractivity contribution < 1.29 is 13.2 Å². The van der Waals surface area contributed by atoms with E-state index in [0.717, 1.165) is 4.90 Å². The summed E-state index contributed by atoms with van der Waals surface area (Å²) in [4.78, 5) is 0.821. The van der Waals surface area contributed by atoms with Gasteiger partial charge in [-0.1, -0.05) is 23.4 Å². The molecule has 1 aromatic carbocycles. The number of hydrogen-bond donors (Lipinski definition) is 1. The molecule has 0 saturated carbocycles. The molecule has 0 heterocycles. The highest BCUT2D eigenvalue weighted by Crippen LogP contribution is 2.32. The van der Waals surface area contributed by atoms with Crippen LogP contribution in [0.5, 0.6) is 0 Å². The van der Waals surface area contributed by atoms with E-state index in [1.807, 2.05) is 0 Å². The zero-order chi connectivity index (χ0) is 12.2. The summed E-state index contributed by atoms with van der Waals surface area (Å²) >= 11 is 7.08. The molecule has 2 N–H and O–H groups in total. The van der Waals surface area contributed by atoms with Crippen LogP contribution in [-0.2, 0) is 0 Å². The topological polar surface area (TPSA) is 26.0 Å². The van der Waals surface area contributed by atoms with Gasteiger partial charge in [0.1, 0.15) is 0 Å². The Morgan fingerprint density at radius 2 is 1.94 bits per heavy atom. The number of halogens is 4. The largest absolute Gasteiger partial charge is 0.441 e. The molecule has 16 heavy (non-hydrogen) atoms. The Bertz CT molecular complexity index is 357. The second-order valence-electron chi connectivity index (χ2n) is 2.83. The molecule has 0 aromatic heterocycles. The molecule has 0 aliphatic rings. The minimum atomic E-state index is -4.15. The van der Waals surface area contributed by atoms with Gasteiger partial charge in [0, 0.05) is 16.4 Å². The number of nitrogens with two attached hydrogens (primary N) is 1. The molecule has 1 aromatic rings. The predicted octanol–water partition coefficient (Wildman–Crippen LogP) is 4.27. The average Bonchev–Trinajstić information content (AvgIpc) is 2.17. The van der Waals surface area contributed by atoms with Gasteiger partial charge in [-0.3, -0.25) is 0 Å². The zero-order valence-corrected chi connectivity index (χ0v) is 10.4. The summed E-state index contributed by atoms with van der Waals surface area (Å²) in [5.74, 6) is 0.403. The van der Waals surface area contributed by atoms with Crippen molar-refractivity contribution in [3.8, 4) is 0 Å². The van der Waals surface area contributed by atoms with Crippen molar-refractivity contribution in [1.29, 1.82) is 0 Å². The van der Waals surface area contributed by atoms with E-state index in [4.69, 9.17) is 17.3 Å². The van der Waals surface area contributed by atoms with E-state index in [9.17, 15) is 13.2 Å². The molecule has 90 valence electrons. The molecule has 0 aliphatic heterocycles. The first kappa shape index (κ1) is 13.9. The fraction of sp³-hybridized carbons (Fsp3) is 0.333. The second kappa shape index (κ2) is 5.93. The van der Waals surface area contributed by atoms with Crippen LogP contribution >= 0.6 is 35.1 Å². The maximum atomic E-state index is 11.8. The molecule has 0 radical (unpaired) electrons. The van der Waals surface area contributed by atoms with Gasteiger partial charge in [0.15, 0.2) is 0 Å². The molecule has 0 amide bonds.